The number of rotatable bonds is 13. The first-order valence-electron chi connectivity index (χ1n) is 13.6. The van der Waals surface area contributed by atoms with Gasteiger partial charge in [-0.3, -0.25) is 24.0 Å². The minimum absolute atomic E-state index is 0.0766. The lowest BCUT2D eigenvalue weighted by molar-refractivity contribution is -0.385. The first-order chi connectivity index (χ1) is 20.7. The smallest absolute Gasteiger partial charge is 0.273 e. The third-order valence-corrected chi connectivity index (χ3v) is 9.16. The van der Waals surface area contributed by atoms with Crippen molar-refractivity contribution in [1.29, 1.82) is 0 Å². The lowest BCUT2D eigenvalue weighted by atomic mass is 10.1. The predicted octanol–water partition coefficient (Wildman–Crippen LogP) is 5.60. The average molecular weight is 666 g/mol. The SMILES string of the molecule is COc1ccc(Cl)cc1N(CC(=O)N(Cc1ccccc1Cl)[C@@H](C)C(=O)NCC(C)C)S(=O)(=O)c1ccc(C)c([N+](=O)[O-])c1. The molecule has 14 heteroatoms. The fourth-order valence-electron chi connectivity index (χ4n) is 4.29. The molecule has 0 radical (unpaired) electrons. The number of nitrogens with zero attached hydrogens (tertiary/aromatic N) is 3. The van der Waals surface area contributed by atoms with Crippen LogP contribution in [-0.2, 0) is 26.2 Å². The van der Waals surface area contributed by atoms with Crippen LogP contribution in [0.5, 0.6) is 5.75 Å². The van der Waals surface area contributed by atoms with Gasteiger partial charge in [0.1, 0.15) is 18.3 Å². The summed E-state index contributed by atoms with van der Waals surface area (Å²) in [5.41, 5.74) is 0.302. The van der Waals surface area contributed by atoms with E-state index in [-0.39, 0.29) is 34.5 Å². The molecule has 1 N–H and O–H groups in total. The van der Waals surface area contributed by atoms with Gasteiger partial charge in [-0.15, -0.1) is 0 Å². The second-order valence-electron chi connectivity index (χ2n) is 10.5. The molecule has 3 aromatic carbocycles. The summed E-state index contributed by atoms with van der Waals surface area (Å²) in [7, 11) is -3.32. The number of benzene rings is 3. The number of hydrogen-bond acceptors (Lipinski definition) is 7. The number of nitrogens with one attached hydrogen (secondary N) is 1. The molecule has 3 aromatic rings. The largest absolute Gasteiger partial charge is 0.495 e. The molecular formula is C30H34Cl2N4O7S. The lowest BCUT2D eigenvalue weighted by Gasteiger charge is -2.32. The number of hydrogen-bond donors (Lipinski definition) is 1. The Labute approximate surface area is 266 Å². The van der Waals surface area contributed by atoms with Gasteiger partial charge < -0.3 is 15.0 Å². The number of methoxy groups -OCH3 is 1. The number of aryl methyl sites for hydroxylation is 1. The molecule has 0 heterocycles. The van der Waals surface area contributed by atoms with Gasteiger partial charge in [-0.05, 0) is 55.7 Å². The first kappa shape index (κ1) is 34.6. The van der Waals surface area contributed by atoms with Crippen LogP contribution in [-0.4, -0.2) is 56.3 Å². The number of sulfonamides is 1. The molecule has 0 bridgehead atoms. The quantitative estimate of drug-likeness (QED) is 0.185. The van der Waals surface area contributed by atoms with E-state index in [1.54, 1.807) is 24.3 Å². The normalized spacial score (nSPS) is 12.0. The predicted molar refractivity (Wildman–Crippen MR) is 170 cm³/mol. The molecular weight excluding hydrogens is 631 g/mol. The van der Waals surface area contributed by atoms with Gasteiger partial charge in [0.15, 0.2) is 0 Å². The van der Waals surface area contributed by atoms with Crippen molar-refractivity contribution in [3.63, 3.8) is 0 Å². The third kappa shape index (κ3) is 8.19. The first-order valence-corrected chi connectivity index (χ1v) is 15.8. The summed E-state index contributed by atoms with van der Waals surface area (Å²) in [6, 6.07) is 13.5. The highest BCUT2D eigenvalue weighted by atomic mass is 35.5. The zero-order valence-corrected chi connectivity index (χ0v) is 27.2. The van der Waals surface area contributed by atoms with Crippen LogP contribution < -0.4 is 14.4 Å². The number of carbonyl (C=O) groups is 2. The Balaban J connectivity index is 2.16. The van der Waals surface area contributed by atoms with Gasteiger partial charge in [0.05, 0.1) is 22.6 Å². The van der Waals surface area contributed by atoms with E-state index in [0.717, 1.165) is 10.4 Å². The molecule has 0 saturated carbocycles. The second-order valence-corrected chi connectivity index (χ2v) is 13.2. The lowest BCUT2D eigenvalue weighted by Crippen LogP contribution is -2.51. The Kier molecular flexibility index (Phi) is 11.6. The molecule has 2 amide bonds. The van der Waals surface area contributed by atoms with Gasteiger partial charge in [-0.1, -0.05) is 61.3 Å². The van der Waals surface area contributed by atoms with Gasteiger partial charge in [0.2, 0.25) is 11.8 Å². The molecule has 0 fully saturated rings. The number of amides is 2. The molecule has 11 nitrogen and oxygen atoms in total. The van der Waals surface area contributed by atoms with E-state index in [2.05, 4.69) is 5.32 Å². The van der Waals surface area contributed by atoms with Crippen LogP contribution in [0.4, 0.5) is 11.4 Å². The minimum atomic E-state index is -4.64. The maximum Gasteiger partial charge on any atom is 0.273 e. The summed E-state index contributed by atoms with van der Waals surface area (Å²) >= 11 is 12.6. The number of nitro benzene ring substituents is 1. The highest BCUT2D eigenvalue weighted by molar-refractivity contribution is 7.92. The summed E-state index contributed by atoms with van der Waals surface area (Å²) in [6.45, 7) is 6.32. The summed E-state index contributed by atoms with van der Waals surface area (Å²) < 4.78 is 34.5. The Bertz CT molecular complexity index is 1650. The molecule has 0 aliphatic carbocycles. The Hall–Kier alpha value is -3.87. The number of anilines is 1. The maximum absolute atomic E-state index is 14.2. The molecule has 44 heavy (non-hydrogen) atoms. The molecule has 0 aliphatic heterocycles. The van der Waals surface area contributed by atoms with E-state index in [9.17, 15) is 28.1 Å². The van der Waals surface area contributed by atoms with Crippen LogP contribution >= 0.6 is 23.2 Å². The van der Waals surface area contributed by atoms with Crippen molar-refractivity contribution in [3.05, 3.63) is 92.0 Å². The van der Waals surface area contributed by atoms with Gasteiger partial charge in [0.25, 0.3) is 15.7 Å². The van der Waals surface area contributed by atoms with E-state index in [1.165, 1.54) is 56.2 Å². The Morgan fingerprint density at radius 3 is 2.34 bits per heavy atom. The monoisotopic (exact) mass is 664 g/mol. The van der Waals surface area contributed by atoms with Crippen molar-refractivity contribution < 1.29 is 27.7 Å². The van der Waals surface area contributed by atoms with E-state index in [1.807, 2.05) is 13.8 Å². The van der Waals surface area contributed by atoms with Crippen LogP contribution in [0, 0.1) is 23.0 Å². The topological polar surface area (TPSA) is 139 Å². The summed E-state index contributed by atoms with van der Waals surface area (Å²) in [5.74, 6) is -0.964. The minimum Gasteiger partial charge on any atom is -0.495 e. The molecule has 0 aromatic heterocycles. The fourth-order valence-corrected chi connectivity index (χ4v) is 6.09. The van der Waals surface area contributed by atoms with Crippen molar-refractivity contribution in [2.75, 3.05) is 24.5 Å². The van der Waals surface area contributed by atoms with E-state index in [0.29, 0.717) is 17.1 Å². The van der Waals surface area contributed by atoms with E-state index < -0.39 is 49.9 Å². The second kappa shape index (κ2) is 14.7. The maximum atomic E-state index is 14.2. The number of ether oxygens (including phenoxy) is 1. The molecule has 0 aliphatic rings. The fraction of sp³-hybridized carbons (Fsp3) is 0.333. The zero-order chi connectivity index (χ0) is 32.8. The van der Waals surface area contributed by atoms with Crippen LogP contribution in [0.3, 0.4) is 0 Å². The molecule has 0 saturated heterocycles. The number of nitro groups is 1. The summed E-state index contributed by atoms with van der Waals surface area (Å²) in [4.78, 5) is 39.0. The van der Waals surface area contributed by atoms with Crippen molar-refractivity contribution >= 4 is 56.4 Å². The standard InChI is InChI=1S/C30H34Cl2N4O7S/c1-19(2)16-33-30(38)21(4)34(17-22-8-6-7-9-25(22)32)29(37)18-35(27-14-23(31)11-13-28(27)43-5)44(41,42)24-12-10-20(3)26(15-24)36(39)40/h6-15,19,21H,16-18H2,1-5H3,(H,33,38)/t21-/m0/s1. The molecule has 0 unspecified atom stereocenters. The Morgan fingerprint density at radius 1 is 1.05 bits per heavy atom. The molecule has 3 rings (SSSR count). The van der Waals surface area contributed by atoms with Gasteiger partial charge in [-0.25, -0.2) is 8.42 Å². The van der Waals surface area contributed by atoms with E-state index in [4.69, 9.17) is 27.9 Å². The van der Waals surface area contributed by atoms with Crippen LogP contribution in [0.2, 0.25) is 10.0 Å². The van der Waals surface area contributed by atoms with Gasteiger partial charge >= 0.3 is 0 Å². The van der Waals surface area contributed by atoms with Crippen molar-refractivity contribution in [3.8, 4) is 5.75 Å². The highest BCUT2D eigenvalue weighted by Crippen LogP contribution is 2.36. The van der Waals surface area contributed by atoms with Crippen LogP contribution in [0.1, 0.15) is 31.9 Å². The summed E-state index contributed by atoms with van der Waals surface area (Å²) in [6.07, 6.45) is 0. The molecule has 236 valence electrons. The Morgan fingerprint density at radius 2 is 1.73 bits per heavy atom. The van der Waals surface area contributed by atoms with Crippen molar-refractivity contribution in [2.24, 2.45) is 5.92 Å². The zero-order valence-electron chi connectivity index (χ0n) is 24.9. The average Bonchev–Trinajstić information content (AvgIpc) is 2.97. The highest BCUT2D eigenvalue weighted by Gasteiger charge is 2.35. The van der Waals surface area contributed by atoms with E-state index >= 15 is 0 Å². The number of halogens is 2. The summed E-state index contributed by atoms with van der Waals surface area (Å²) in [5, 5.41) is 15.0. The third-order valence-electron chi connectivity index (χ3n) is 6.80. The van der Waals surface area contributed by atoms with Crippen LogP contribution in [0.15, 0.2) is 65.6 Å². The van der Waals surface area contributed by atoms with Gasteiger partial charge in [-0.2, -0.15) is 0 Å². The van der Waals surface area contributed by atoms with Gasteiger partial charge in [0, 0.05) is 34.8 Å². The molecule has 1 atom stereocenters. The van der Waals surface area contributed by atoms with Crippen LogP contribution in [0.25, 0.3) is 0 Å². The molecule has 0 spiro atoms. The van der Waals surface area contributed by atoms with Crippen molar-refractivity contribution in [2.45, 2.75) is 45.2 Å². The van der Waals surface area contributed by atoms with Crippen molar-refractivity contribution in [1.82, 2.24) is 10.2 Å². The number of carbonyl (C=O) groups excluding carboxylic acids is 2.